The van der Waals surface area contributed by atoms with Crippen LogP contribution in [0, 0.1) is 6.92 Å². The van der Waals surface area contributed by atoms with E-state index >= 15 is 0 Å². The zero-order chi connectivity index (χ0) is 13.5. The molecule has 1 atom stereocenters. The summed E-state index contributed by atoms with van der Waals surface area (Å²) in [6, 6.07) is 13.3. The number of benzene rings is 1. The predicted molar refractivity (Wildman–Crippen MR) is 80.2 cm³/mol. The molecule has 0 amide bonds. The minimum atomic E-state index is 0.399. The lowest BCUT2D eigenvalue weighted by Gasteiger charge is -2.16. The van der Waals surface area contributed by atoms with Crippen molar-refractivity contribution in [2.45, 2.75) is 32.2 Å². The standard InChI is InChI=1S/C17H22N2/c1-14-11-16(13-19-12-14)17(18-2)10-6-9-15-7-4-3-5-8-15/h3-5,7-8,11-13,17-18H,6,9-10H2,1-2H3. The Hall–Kier alpha value is -1.67. The van der Waals surface area contributed by atoms with Crippen LogP contribution in [0.15, 0.2) is 48.8 Å². The molecule has 0 aliphatic heterocycles. The van der Waals surface area contributed by atoms with Gasteiger partial charge >= 0.3 is 0 Å². The molecule has 0 bridgehead atoms. The number of hydrogen-bond acceptors (Lipinski definition) is 2. The van der Waals surface area contributed by atoms with E-state index < -0.39 is 0 Å². The van der Waals surface area contributed by atoms with E-state index in [9.17, 15) is 0 Å². The van der Waals surface area contributed by atoms with E-state index in [1.165, 1.54) is 23.1 Å². The monoisotopic (exact) mass is 254 g/mol. The summed E-state index contributed by atoms with van der Waals surface area (Å²) in [5, 5.41) is 3.39. The van der Waals surface area contributed by atoms with E-state index in [-0.39, 0.29) is 0 Å². The topological polar surface area (TPSA) is 24.9 Å². The van der Waals surface area contributed by atoms with E-state index in [2.05, 4.69) is 53.6 Å². The Labute approximate surface area is 115 Å². The van der Waals surface area contributed by atoms with Gasteiger partial charge in [-0.2, -0.15) is 0 Å². The summed E-state index contributed by atoms with van der Waals surface area (Å²) in [5.41, 5.74) is 3.93. The lowest BCUT2D eigenvalue weighted by Crippen LogP contribution is -2.16. The van der Waals surface area contributed by atoms with Crippen LogP contribution in [0.5, 0.6) is 0 Å². The molecule has 0 radical (unpaired) electrons. The van der Waals surface area contributed by atoms with Gasteiger partial charge in [-0.1, -0.05) is 36.4 Å². The van der Waals surface area contributed by atoms with Gasteiger partial charge in [0.25, 0.3) is 0 Å². The average molecular weight is 254 g/mol. The third kappa shape index (κ3) is 4.18. The minimum absolute atomic E-state index is 0.399. The SMILES string of the molecule is CNC(CCCc1ccccc1)c1cncc(C)c1. The molecule has 0 fully saturated rings. The fourth-order valence-corrected chi connectivity index (χ4v) is 2.40. The van der Waals surface area contributed by atoms with Crippen LogP contribution in [0.25, 0.3) is 0 Å². The number of aryl methyl sites for hydroxylation is 2. The maximum Gasteiger partial charge on any atom is 0.0333 e. The highest BCUT2D eigenvalue weighted by Crippen LogP contribution is 2.19. The Kier molecular flexibility index (Phi) is 5.10. The second-order valence-corrected chi connectivity index (χ2v) is 5.01. The minimum Gasteiger partial charge on any atom is -0.313 e. The molecule has 0 saturated carbocycles. The van der Waals surface area contributed by atoms with Gasteiger partial charge in [-0.25, -0.2) is 0 Å². The molecule has 0 aliphatic carbocycles. The quantitative estimate of drug-likeness (QED) is 0.850. The summed E-state index contributed by atoms with van der Waals surface area (Å²) in [6.45, 7) is 2.09. The highest BCUT2D eigenvalue weighted by atomic mass is 14.9. The third-order valence-corrected chi connectivity index (χ3v) is 3.45. The van der Waals surface area contributed by atoms with E-state index in [1.807, 2.05) is 19.4 Å². The fraction of sp³-hybridized carbons (Fsp3) is 0.353. The van der Waals surface area contributed by atoms with E-state index in [0.717, 1.165) is 12.8 Å². The van der Waals surface area contributed by atoms with Crippen molar-refractivity contribution in [2.75, 3.05) is 7.05 Å². The molecule has 0 saturated heterocycles. The molecule has 1 unspecified atom stereocenters. The average Bonchev–Trinajstić information content (AvgIpc) is 2.45. The first kappa shape index (κ1) is 13.8. The second-order valence-electron chi connectivity index (χ2n) is 5.01. The van der Waals surface area contributed by atoms with Crippen LogP contribution in [0.1, 0.15) is 35.6 Å². The smallest absolute Gasteiger partial charge is 0.0333 e. The Morgan fingerprint density at radius 1 is 1.16 bits per heavy atom. The van der Waals surface area contributed by atoms with Gasteiger partial charge in [-0.15, -0.1) is 0 Å². The summed E-state index contributed by atoms with van der Waals surface area (Å²) in [4.78, 5) is 4.28. The molecule has 100 valence electrons. The van der Waals surface area contributed by atoms with Gasteiger partial charge in [0.15, 0.2) is 0 Å². The van der Waals surface area contributed by atoms with Gasteiger partial charge in [0.05, 0.1) is 0 Å². The van der Waals surface area contributed by atoms with E-state index in [4.69, 9.17) is 0 Å². The summed E-state index contributed by atoms with van der Waals surface area (Å²) in [7, 11) is 2.02. The largest absolute Gasteiger partial charge is 0.313 e. The molecule has 0 spiro atoms. The van der Waals surface area contributed by atoms with Crippen molar-refractivity contribution in [3.05, 3.63) is 65.5 Å². The molecule has 2 heteroatoms. The van der Waals surface area contributed by atoms with Crippen LogP contribution in [-0.4, -0.2) is 12.0 Å². The normalized spacial score (nSPS) is 12.3. The summed E-state index contributed by atoms with van der Waals surface area (Å²) >= 11 is 0. The highest BCUT2D eigenvalue weighted by molar-refractivity contribution is 5.20. The van der Waals surface area contributed by atoms with Crippen LogP contribution in [0.3, 0.4) is 0 Å². The van der Waals surface area contributed by atoms with Crippen LogP contribution in [0.2, 0.25) is 0 Å². The predicted octanol–water partition coefficient (Wildman–Crippen LogP) is 3.67. The number of hydrogen-bond donors (Lipinski definition) is 1. The molecule has 1 aromatic carbocycles. The fourth-order valence-electron chi connectivity index (χ4n) is 2.40. The number of pyridine rings is 1. The first-order valence-corrected chi connectivity index (χ1v) is 6.92. The van der Waals surface area contributed by atoms with Crippen LogP contribution in [0.4, 0.5) is 0 Å². The molecular formula is C17H22N2. The van der Waals surface area contributed by atoms with Gasteiger partial charge in [-0.05, 0) is 49.9 Å². The lowest BCUT2D eigenvalue weighted by atomic mass is 9.99. The Bertz CT molecular complexity index is 494. The molecular weight excluding hydrogens is 232 g/mol. The van der Waals surface area contributed by atoms with Gasteiger partial charge in [0.1, 0.15) is 0 Å². The summed E-state index contributed by atoms with van der Waals surface area (Å²) in [5.74, 6) is 0. The zero-order valence-corrected chi connectivity index (χ0v) is 11.8. The van der Waals surface area contributed by atoms with Gasteiger partial charge in [0, 0.05) is 18.4 Å². The van der Waals surface area contributed by atoms with Crippen molar-refractivity contribution in [3.63, 3.8) is 0 Å². The first-order chi connectivity index (χ1) is 9.29. The number of nitrogens with zero attached hydrogens (tertiary/aromatic N) is 1. The zero-order valence-electron chi connectivity index (χ0n) is 11.8. The van der Waals surface area contributed by atoms with Crippen molar-refractivity contribution in [3.8, 4) is 0 Å². The summed E-state index contributed by atoms with van der Waals surface area (Å²) < 4.78 is 0. The molecule has 19 heavy (non-hydrogen) atoms. The highest BCUT2D eigenvalue weighted by Gasteiger charge is 2.09. The molecule has 1 aromatic heterocycles. The van der Waals surface area contributed by atoms with Crippen molar-refractivity contribution < 1.29 is 0 Å². The van der Waals surface area contributed by atoms with E-state index in [0.29, 0.717) is 6.04 Å². The number of rotatable bonds is 6. The van der Waals surface area contributed by atoms with Crippen molar-refractivity contribution >= 4 is 0 Å². The van der Waals surface area contributed by atoms with Gasteiger partial charge in [0.2, 0.25) is 0 Å². The first-order valence-electron chi connectivity index (χ1n) is 6.92. The van der Waals surface area contributed by atoms with Crippen molar-refractivity contribution in [1.82, 2.24) is 10.3 Å². The van der Waals surface area contributed by atoms with E-state index in [1.54, 1.807) is 0 Å². The van der Waals surface area contributed by atoms with Crippen molar-refractivity contribution in [2.24, 2.45) is 0 Å². The molecule has 2 rings (SSSR count). The molecule has 2 aromatic rings. The van der Waals surface area contributed by atoms with Gasteiger partial charge < -0.3 is 5.32 Å². The maximum atomic E-state index is 4.28. The van der Waals surface area contributed by atoms with Crippen LogP contribution >= 0.6 is 0 Å². The Morgan fingerprint density at radius 3 is 2.63 bits per heavy atom. The van der Waals surface area contributed by atoms with Crippen molar-refractivity contribution in [1.29, 1.82) is 0 Å². The molecule has 0 aliphatic rings. The van der Waals surface area contributed by atoms with Crippen LogP contribution < -0.4 is 5.32 Å². The Balaban J connectivity index is 1.89. The second kappa shape index (κ2) is 7.05. The molecule has 1 heterocycles. The van der Waals surface area contributed by atoms with Crippen LogP contribution in [-0.2, 0) is 6.42 Å². The number of aromatic nitrogens is 1. The Morgan fingerprint density at radius 2 is 1.95 bits per heavy atom. The van der Waals surface area contributed by atoms with Gasteiger partial charge in [-0.3, -0.25) is 4.98 Å². The molecule has 1 N–H and O–H groups in total. The number of nitrogens with one attached hydrogen (secondary N) is 1. The summed E-state index contributed by atoms with van der Waals surface area (Å²) in [6.07, 6.45) is 7.33. The molecule has 2 nitrogen and oxygen atoms in total. The third-order valence-electron chi connectivity index (χ3n) is 3.45. The maximum absolute atomic E-state index is 4.28. The lowest BCUT2D eigenvalue weighted by molar-refractivity contribution is 0.525.